The smallest absolute Gasteiger partial charge is 0.102 e. The van der Waals surface area contributed by atoms with Crippen LogP contribution in [-0.2, 0) is 21.7 Å². The molecule has 0 fully saturated rings. The summed E-state index contributed by atoms with van der Waals surface area (Å²) in [6.45, 7) is 4.75. The second-order valence-corrected chi connectivity index (χ2v) is 6.10. The fourth-order valence-electron chi connectivity index (χ4n) is 1.77. The Morgan fingerprint density at radius 3 is 2.54 bits per heavy atom. The molecule has 0 saturated heterocycles. The van der Waals surface area contributed by atoms with Gasteiger partial charge in [-0.2, -0.15) is 0 Å². The number of nitrogens with zero attached hydrogens (tertiary/aromatic N) is 2. The van der Waals surface area contributed by atoms with Crippen LogP contribution in [0.4, 0.5) is 0 Å². The lowest BCUT2D eigenvalue weighted by Gasteiger charge is -2.19. The first kappa shape index (κ1) is 20.6. The van der Waals surface area contributed by atoms with E-state index in [0.29, 0.717) is 23.2 Å². The van der Waals surface area contributed by atoms with Crippen molar-refractivity contribution in [1.29, 1.82) is 0 Å². The third kappa shape index (κ3) is 8.44. The predicted octanol–water partition coefficient (Wildman–Crippen LogP) is 2.80. The SMILES string of the molecule is C=CCOC(Cn1ccnc1)c1ccc(Cl)cc1Cl.O=S(=O)([O-])[O-]. The summed E-state index contributed by atoms with van der Waals surface area (Å²) in [6, 6.07) is 5.41. The molecular formula is C14H14Cl2N2O5S-2. The van der Waals surface area contributed by atoms with Crippen molar-refractivity contribution >= 4 is 33.6 Å². The van der Waals surface area contributed by atoms with E-state index in [1.807, 2.05) is 16.8 Å². The van der Waals surface area contributed by atoms with Crippen LogP contribution in [0.25, 0.3) is 0 Å². The van der Waals surface area contributed by atoms with Crippen LogP contribution in [0.3, 0.4) is 0 Å². The maximum absolute atomic E-state index is 8.52. The van der Waals surface area contributed by atoms with Crippen molar-refractivity contribution in [2.24, 2.45) is 0 Å². The first-order valence-corrected chi connectivity index (χ1v) is 8.59. The molecule has 10 heteroatoms. The number of aromatic nitrogens is 2. The number of benzene rings is 1. The Labute approximate surface area is 150 Å². The molecule has 1 heterocycles. The van der Waals surface area contributed by atoms with E-state index in [2.05, 4.69) is 11.6 Å². The van der Waals surface area contributed by atoms with Gasteiger partial charge in [0.25, 0.3) is 0 Å². The molecule has 0 bridgehead atoms. The fourth-order valence-corrected chi connectivity index (χ4v) is 2.30. The van der Waals surface area contributed by atoms with E-state index in [1.165, 1.54) is 0 Å². The first-order valence-electron chi connectivity index (χ1n) is 6.50. The average Bonchev–Trinajstić information content (AvgIpc) is 2.95. The van der Waals surface area contributed by atoms with Crippen molar-refractivity contribution in [2.75, 3.05) is 6.61 Å². The Kier molecular flexibility index (Phi) is 8.40. The zero-order valence-corrected chi connectivity index (χ0v) is 14.7. The van der Waals surface area contributed by atoms with Gasteiger partial charge in [0, 0.05) is 38.4 Å². The van der Waals surface area contributed by atoms with E-state index in [9.17, 15) is 0 Å². The lowest BCUT2D eigenvalue weighted by Crippen LogP contribution is -2.12. The van der Waals surface area contributed by atoms with Crippen molar-refractivity contribution < 1.29 is 22.3 Å². The van der Waals surface area contributed by atoms with Crippen LogP contribution in [0.2, 0.25) is 10.0 Å². The van der Waals surface area contributed by atoms with E-state index < -0.39 is 10.4 Å². The standard InChI is InChI=1S/C14H14Cl2N2O.H2O4S/c1-2-7-19-14(9-18-6-5-17-10-18)12-4-3-11(15)8-13(12)16;1-5(2,3)4/h2-6,8,10,14H,1,7,9H2;(H2,1,2,3,4)/p-2. The third-order valence-electron chi connectivity index (χ3n) is 2.66. The zero-order valence-electron chi connectivity index (χ0n) is 12.3. The molecule has 1 atom stereocenters. The van der Waals surface area contributed by atoms with Crippen molar-refractivity contribution in [3.05, 3.63) is 65.2 Å². The molecule has 132 valence electrons. The van der Waals surface area contributed by atoms with E-state index in [4.69, 9.17) is 45.5 Å². The van der Waals surface area contributed by atoms with Gasteiger partial charge in [-0.15, -0.1) is 6.58 Å². The molecule has 0 N–H and O–H groups in total. The monoisotopic (exact) mass is 392 g/mol. The Morgan fingerprint density at radius 2 is 2.04 bits per heavy atom. The van der Waals surface area contributed by atoms with Gasteiger partial charge >= 0.3 is 0 Å². The minimum absolute atomic E-state index is 0.169. The second-order valence-electron chi connectivity index (χ2n) is 4.44. The lowest BCUT2D eigenvalue weighted by molar-refractivity contribution is 0.0608. The van der Waals surface area contributed by atoms with Crippen LogP contribution in [0, 0.1) is 0 Å². The molecule has 0 aliphatic heterocycles. The van der Waals surface area contributed by atoms with E-state index in [0.717, 1.165) is 5.56 Å². The summed E-state index contributed by atoms with van der Waals surface area (Å²) in [5.41, 5.74) is 0.904. The summed E-state index contributed by atoms with van der Waals surface area (Å²) in [7, 11) is -5.17. The normalized spacial score (nSPS) is 12.2. The van der Waals surface area contributed by atoms with Crippen LogP contribution in [0.1, 0.15) is 11.7 Å². The molecule has 0 amide bonds. The summed E-state index contributed by atoms with van der Waals surface area (Å²) < 4.78 is 41.8. The number of imidazole rings is 1. The summed E-state index contributed by atoms with van der Waals surface area (Å²) in [5, 5.41) is 1.21. The van der Waals surface area contributed by atoms with Gasteiger partial charge in [0.1, 0.15) is 6.10 Å². The number of rotatable bonds is 6. The molecule has 0 radical (unpaired) electrons. The highest BCUT2D eigenvalue weighted by atomic mass is 35.5. The number of halogens is 2. The fraction of sp³-hybridized carbons (Fsp3) is 0.214. The molecule has 7 nitrogen and oxygen atoms in total. The minimum Gasteiger partial charge on any atom is -0.759 e. The zero-order chi connectivity index (χ0) is 18.2. The maximum atomic E-state index is 8.52. The van der Waals surface area contributed by atoms with Gasteiger partial charge in [-0.3, -0.25) is 8.42 Å². The molecule has 2 aromatic rings. The number of hydrogen-bond acceptors (Lipinski definition) is 6. The van der Waals surface area contributed by atoms with Gasteiger partial charge in [-0.25, -0.2) is 4.98 Å². The van der Waals surface area contributed by atoms with Gasteiger partial charge in [0.05, 0.1) is 19.5 Å². The Bertz CT molecular complexity index is 743. The second kappa shape index (κ2) is 9.77. The molecule has 1 aromatic carbocycles. The van der Waals surface area contributed by atoms with E-state index >= 15 is 0 Å². The van der Waals surface area contributed by atoms with Crippen molar-refractivity contribution in [1.82, 2.24) is 9.55 Å². The van der Waals surface area contributed by atoms with Crippen LogP contribution in [0.5, 0.6) is 0 Å². The first-order chi connectivity index (χ1) is 11.2. The molecule has 24 heavy (non-hydrogen) atoms. The van der Waals surface area contributed by atoms with Crippen molar-refractivity contribution in [3.63, 3.8) is 0 Å². The highest BCUT2D eigenvalue weighted by Crippen LogP contribution is 2.29. The van der Waals surface area contributed by atoms with Crippen LogP contribution < -0.4 is 0 Å². The average molecular weight is 393 g/mol. The molecular weight excluding hydrogens is 379 g/mol. The van der Waals surface area contributed by atoms with Crippen LogP contribution in [0.15, 0.2) is 49.6 Å². The molecule has 0 spiro atoms. The largest absolute Gasteiger partial charge is 0.759 e. The summed E-state index contributed by atoms with van der Waals surface area (Å²) in [6.07, 6.45) is 6.90. The van der Waals surface area contributed by atoms with Gasteiger partial charge in [-0.05, 0) is 12.1 Å². The summed E-state index contributed by atoms with van der Waals surface area (Å²) in [4.78, 5) is 4.02. The van der Waals surface area contributed by atoms with Crippen LogP contribution in [-0.4, -0.2) is 33.7 Å². The molecule has 2 rings (SSSR count). The highest BCUT2D eigenvalue weighted by Gasteiger charge is 2.16. The topological polar surface area (TPSA) is 107 Å². The third-order valence-corrected chi connectivity index (χ3v) is 3.22. The van der Waals surface area contributed by atoms with E-state index in [1.54, 1.807) is 30.7 Å². The van der Waals surface area contributed by atoms with Crippen LogP contribution >= 0.6 is 23.2 Å². The van der Waals surface area contributed by atoms with Gasteiger partial charge in [0.2, 0.25) is 0 Å². The Balaban J connectivity index is 0.000000505. The van der Waals surface area contributed by atoms with Gasteiger partial charge < -0.3 is 18.4 Å². The Morgan fingerprint density at radius 1 is 1.38 bits per heavy atom. The Hall–Kier alpha value is -1.42. The number of ether oxygens (including phenoxy) is 1. The summed E-state index contributed by atoms with van der Waals surface area (Å²) >= 11 is 12.1. The molecule has 0 aliphatic carbocycles. The van der Waals surface area contributed by atoms with Gasteiger partial charge in [-0.1, -0.05) is 35.3 Å². The molecule has 1 aromatic heterocycles. The van der Waals surface area contributed by atoms with Gasteiger partial charge in [0.15, 0.2) is 0 Å². The molecule has 0 aliphatic rings. The highest BCUT2D eigenvalue weighted by molar-refractivity contribution is 7.79. The maximum Gasteiger partial charge on any atom is 0.102 e. The predicted molar refractivity (Wildman–Crippen MR) is 88.1 cm³/mol. The van der Waals surface area contributed by atoms with Crippen molar-refractivity contribution in [3.8, 4) is 0 Å². The minimum atomic E-state index is -5.17. The van der Waals surface area contributed by atoms with Crippen molar-refractivity contribution in [2.45, 2.75) is 12.6 Å². The number of hydrogen-bond donors (Lipinski definition) is 0. The quantitative estimate of drug-likeness (QED) is 0.424. The molecule has 0 saturated carbocycles. The molecule has 1 unspecified atom stereocenters. The van der Waals surface area contributed by atoms with E-state index in [-0.39, 0.29) is 6.10 Å². The summed E-state index contributed by atoms with van der Waals surface area (Å²) in [5.74, 6) is 0. The lowest BCUT2D eigenvalue weighted by atomic mass is 10.1.